The van der Waals surface area contributed by atoms with Crippen LogP contribution >= 0.6 is 34.5 Å². The molecule has 0 spiro atoms. The molecule has 0 amide bonds. The second-order valence-electron chi connectivity index (χ2n) is 3.58. The summed E-state index contributed by atoms with van der Waals surface area (Å²) in [6.07, 6.45) is 0.901. The van der Waals surface area contributed by atoms with Crippen molar-refractivity contribution < 1.29 is 4.74 Å². The molecule has 0 aliphatic heterocycles. The molecule has 17 heavy (non-hydrogen) atoms. The van der Waals surface area contributed by atoms with E-state index in [-0.39, 0.29) is 0 Å². The van der Waals surface area contributed by atoms with Crippen LogP contribution in [-0.2, 0) is 12.3 Å². The summed E-state index contributed by atoms with van der Waals surface area (Å²) in [6.45, 7) is 0.640. The van der Waals surface area contributed by atoms with Gasteiger partial charge >= 0.3 is 0 Å². The van der Waals surface area contributed by atoms with Crippen LogP contribution in [0.15, 0.2) is 35.0 Å². The van der Waals surface area contributed by atoms with Gasteiger partial charge in [0.05, 0.1) is 12.5 Å². The van der Waals surface area contributed by atoms with Gasteiger partial charge in [-0.25, -0.2) is 0 Å². The molecule has 0 unspecified atom stereocenters. The second kappa shape index (κ2) is 6.29. The lowest BCUT2D eigenvalue weighted by atomic mass is 10.2. The van der Waals surface area contributed by atoms with E-state index in [1.165, 1.54) is 5.56 Å². The fraction of sp³-hybridized carbons (Fsp3) is 0.231. The molecule has 1 heterocycles. The molecule has 0 saturated carbocycles. The van der Waals surface area contributed by atoms with E-state index >= 15 is 0 Å². The summed E-state index contributed by atoms with van der Waals surface area (Å²) < 4.78 is 5.72. The average Bonchev–Trinajstić information content (AvgIpc) is 2.82. The Morgan fingerprint density at radius 3 is 2.82 bits per heavy atom. The highest BCUT2D eigenvalue weighted by Crippen LogP contribution is 2.28. The van der Waals surface area contributed by atoms with Crippen molar-refractivity contribution in [2.75, 3.05) is 6.61 Å². The highest BCUT2D eigenvalue weighted by molar-refractivity contribution is 7.07. The molecular formula is C13H12Cl2OS. The van der Waals surface area contributed by atoms with Gasteiger partial charge in [-0.05, 0) is 34.5 Å². The van der Waals surface area contributed by atoms with E-state index in [9.17, 15) is 0 Å². The van der Waals surface area contributed by atoms with Crippen molar-refractivity contribution in [3.05, 3.63) is 51.2 Å². The van der Waals surface area contributed by atoms with Crippen LogP contribution in [-0.4, -0.2) is 6.61 Å². The molecule has 0 aliphatic rings. The monoisotopic (exact) mass is 286 g/mol. The van der Waals surface area contributed by atoms with Gasteiger partial charge in [0.25, 0.3) is 0 Å². The van der Waals surface area contributed by atoms with Crippen LogP contribution in [0.5, 0.6) is 5.75 Å². The van der Waals surface area contributed by atoms with E-state index in [0.29, 0.717) is 17.5 Å². The average molecular weight is 287 g/mol. The zero-order valence-electron chi connectivity index (χ0n) is 9.16. The maximum Gasteiger partial charge on any atom is 0.125 e. The fourth-order valence-electron chi connectivity index (χ4n) is 1.52. The largest absolute Gasteiger partial charge is 0.493 e. The number of hydrogen-bond acceptors (Lipinski definition) is 2. The lowest BCUT2D eigenvalue weighted by Crippen LogP contribution is -2.02. The van der Waals surface area contributed by atoms with Crippen molar-refractivity contribution >= 4 is 34.5 Å². The second-order valence-corrected chi connectivity index (χ2v) is 5.03. The minimum atomic E-state index is 0.369. The van der Waals surface area contributed by atoms with Crippen LogP contribution in [0.25, 0.3) is 0 Å². The number of ether oxygens (including phenoxy) is 1. The Hall–Kier alpha value is -0.700. The van der Waals surface area contributed by atoms with Crippen molar-refractivity contribution in [2.45, 2.75) is 12.3 Å². The minimum absolute atomic E-state index is 0.369. The SMILES string of the molecule is ClCc1c(Cl)cccc1OCCc1ccsc1. The van der Waals surface area contributed by atoms with E-state index in [2.05, 4.69) is 16.8 Å². The van der Waals surface area contributed by atoms with Gasteiger partial charge in [-0.2, -0.15) is 11.3 Å². The standard InChI is InChI=1S/C13H12Cl2OS/c14-8-11-12(15)2-1-3-13(11)16-6-4-10-5-7-17-9-10/h1-3,5,7,9H,4,6,8H2. The zero-order chi connectivity index (χ0) is 12.1. The summed E-state index contributed by atoms with van der Waals surface area (Å²) in [7, 11) is 0. The number of benzene rings is 1. The summed E-state index contributed by atoms with van der Waals surface area (Å²) in [6, 6.07) is 7.70. The van der Waals surface area contributed by atoms with Crippen molar-refractivity contribution in [2.24, 2.45) is 0 Å². The maximum absolute atomic E-state index is 6.05. The predicted octanol–water partition coefficient (Wildman–Crippen LogP) is 4.76. The van der Waals surface area contributed by atoms with Crippen LogP contribution in [0.1, 0.15) is 11.1 Å². The number of thiophene rings is 1. The first-order chi connectivity index (χ1) is 8.31. The third-order valence-electron chi connectivity index (χ3n) is 2.44. The first-order valence-electron chi connectivity index (χ1n) is 5.28. The van der Waals surface area contributed by atoms with E-state index in [1.807, 2.05) is 18.2 Å². The molecule has 0 bridgehead atoms. The van der Waals surface area contributed by atoms with Crippen LogP contribution in [0, 0.1) is 0 Å². The van der Waals surface area contributed by atoms with Crippen LogP contribution in [0.3, 0.4) is 0 Å². The number of rotatable bonds is 5. The Morgan fingerprint density at radius 1 is 1.24 bits per heavy atom. The Bertz CT molecular complexity index is 468. The molecule has 1 aromatic heterocycles. The summed E-state index contributed by atoms with van der Waals surface area (Å²) in [5, 5.41) is 4.86. The summed E-state index contributed by atoms with van der Waals surface area (Å²) in [5.74, 6) is 1.15. The van der Waals surface area contributed by atoms with E-state index in [4.69, 9.17) is 27.9 Å². The number of hydrogen-bond donors (Lipinski definition) is 0. The smallest absolute Gasteiger partial charge is 0.125 e. The molecule has 0 fully saturated rings. The predicted molar refractivity (Wildman–Crippen MR) is 74.5 cm³/mol. The molecular weight excluding hydrogens is 275 g/mol. The normalized spacial score (nSPS) is 10.5. The Kier molecular flexibility index (Phi) is 4.72. The summed E-state index contributed by atoms with van der Waals surface area (Å²) in [4.78, 5) is 0. The Morgan fingerprint density at radius 2 is 2.12 bits per heavy atom. The van der Waals surface area contributed by atoms with Gasteiger partial charge in [0.2, 0.25) is 0 Å². The number of halogens is 2. The van der Waals surface area contributed by atoms with Crippen molar-refractivity contribution in [1.29, 1.82) is 0 Å². The highest BCUT2D eigenvalue weighted by atomic mass is 35.5. The summed E-state index contributed by atoms with van der Waals surface area (Å²) >= 11 is 13.6. The first kappa shape index (κ1) is 12.7. The molecule has 0 saturated heterocycles. The third-order valence-corrected chi connectivity index (χ3v) is 3.79. The molecule has 4 heteroatoms. The lowest BCUT2D eigenvalue weighted by Gasteiger charge is -2.10. The molecule has 0 N–H and O–H groups in total. The van der Waals surface area contributed by atoms with Gasteiger partial charge < -0.3 is 4.74 Å². The molecule has 2 aromatic rings. The fourth-order valence-corrected chi connectivity index (χ4v) is 2.80. The molecule has 1 aromatic carbocycles. The molecule has 0 radical (unpaired) electrons. The van der Waals surface area contributed by atoms with Gasteiger partial charge in [-0.3, -0.25) is 0 Å². The minimum Gasteiger partial charge on any atom is -0.493 e. The third kappa shape index (κ3) is 3.38. The Balaban J connectivity index is 1.97. The first-order valence-corrected chi connectivity index (χ1v) is 7.14. The van der Waals surface area contributed by atoms with Crippen LogP contribution < -0.4 is 4.74 Å². The van der Waals surface area contributed by atoms with Gasteiger partial charge in [0, 0.05) is 17.0 Å². The van der Waals surface area contributed by atoms with Crippen LogP contribution in [0.2, 0.25) is 5.02 Å². The van der Waals surface area contributed by atoms with E-state index in [0.717, 1.165) is 17.7 Å². The zero-order valence-corrected chi connectivity index (χ0v) is 11.5. The Labute approximate surface area is 115 Å². The molecule has 2 rings (SSSR count). The maximum atomic E-state index is 6.05. The van der Waals surface area contributed by atoms with Crippen LogP contribution in [0.4, 0.5) is 0 Å². The van der Waals surface area contributed by atoms with Crippen molar-refractivity contribution in [1.82, 2.24) is 0 Å². The summed E-state index contributed by atoms with van der Waals surface area (Å²) in [5.41, 5.74) is 2.16. The highest BCUT2D eigenvalue weighted by Gasteiger charge is 2.06. The quantitative estimate of drug-likeness (QED) is 0.720. The van der Waals surface area contributed by atoms with Gasteiger partial charge in [-0.15, -0.1) is 11.6 Å². The topological polar surface area (TPSA) is 9.23 Å². The van der Waals surface area contributed by atoms with E-state index in [1.54, 1.807) is 11.3 Å². The van der Waals surface area contributed by atoms with Crippen molar-refractivity contribution in [3.8, 4) is 5.75 Å². The number of alkyl halides is 1. The molecule has 90 valence electrons. The van der Waals surface area contributed by atoms with Crippen molar-refractivity contribution in [3.63, 3.8) is 0 Å². The van der Waals surface area contributed by atoms with Gasteiger partial charge in [0.15, 0.2) is 0 Å². The van der Waals surface area contributed by atoms with E-state index < -0.39 is 0 Å². The van der Waals surface area contributed by atoms with Gasteiger partial charge in [0.1, 0.15) is 5.75 Å². The molecule has 0 aliphatic carbocycles. The lowest BCUT2D eigenvalue weighted by molar-refractivity contribution is 0.319. The van der Waals surface area contributed by atoms with Gasteiger partial charge in [-0.1, -0.05) is 17.7 Å². The molecule has 0 atom stereocenters. The molecule has 1 nitrogen and oxygen atoms in total.